The summed E-state index contributed by atoms with van der Waals surface area (Å²) in [6.07, 6.45) is 2.09. The Labute approximate surface area is 89.7 Å². The smallest absolute Gasteiger partial charge is 0.0638 e. The Morgan fingerprint density at radius 1 is 1.29 bits per heavy atom. The molecular weight excluding hydrogens is 196 g/mol. The molecule has 0 spiro atoms. The predicted molar refractivity (Wildman–Crippen MR) is 60.8 cm³/mol. The maximum absolute atomic E-state index is 6.00. The Morgan fingerprint density at radius 3 is 2.79 bits per heavy atom. The van der Waals surface area contributed by atoms with Gasteiger partial charge in [0.15, 0.2) is 0 Å². The number of halogens is 1. The number of nitrogen functional groups attached to an aromatic ring is 1. The monoisotopic (exact) mass is 210 g/mol. The zero-order valence-electron chi connectivity index (χ0n) is 8.39. The molecule has 0 amide bonds. The van der Waals surface area contributed by atoms with Crippen molar-refractivity contribution in [2.75, 3.05) is 25.9 Å². The van der Waals surface area contributed by atoms with Crippen molar-refractivity contribution in [3.8, 4) is 0 Å². The number of hydrogen-bond acceptors (Lipinski definition) is 2. The summed E-state index contributed by atoms with van der Waals surface area (Å²) in [7, 11) is 2.14. The third-order valence-electron chi connectivity index (χ3n) is 2.91. The molecule has 14 heavy (non-hydrogen) atoms. The number of anilines is 1. The van der Waals surface area contributed by atoms with E-state index in [9.17, 15) is 0 Å². The van der Waals surface area contributed by atoms with Crippen molar-refractivity contribution in [2.45, 2.75) is 12.8 Å². The average molecular weight is 211 g/mol. The highest BCUT2D eigenvalue weighted by Crippen LogP contribution is 2.28. The van der Waals surface area contributed by atoms with Gasteiger partial charge >= 0.3 is 0 Å². The summed E-state index contributed by atoms with van der Waals surface area (Å²) < 4.78 is 0. The fraction of sp³-hybridized carbons (Fsp3) is 0.455. The summed E-state index contributed by atoms with van der Waals surface area (Å²) in [4.78, 5) is 2.33. The summed E-state index contributed by atoms with van der Waals surface area (Å²) in [5.74, 6) is 0. The van der Waals surface area contributed by atoms with Crippen LogP contribution in [-0.2, 0) is 12.8 Å². The minimum atomic E-state index is 0.688. The second-order valence-corrected chi connectivity index (χ2v) is 4.31. The van der Waals surface area contributed by atoms with E-state index in [1.807, 2.05) is 6.07 Å². The minimum Gasteiger partial charge on any atom is -0.397 e. The minimum absolute atomic E-state index is 0.688. The lowest BCUT2D eigenvalue weighted by atomic mass is 10.0. The Balaban J connectivity index is 2.41. The van der Waals surface area contributed by atoms with Crippen LogP contribution in [0.4, 0.5) is 5.69 Å². The number of fused-ring (bicyclic) bond motifs is 1. The van der Waals surface area contributed by atoms with E-state index in [1.54, 1.807) is 0 Å². The molecule has 1 aliphatic heterocycles. The third kappa shape index (κ3) is 1.72. The summed E-state index contributed by atoms with van der Waals surface area (Å²) in [6, 6.07) is 4.01. The van der Waals surface area contributed by atoms with Crippen LogP contribution in [0.25, 0.3) is 0 Å². The van der Waals surface area contributed by atoms with Crippen LogP contribution in [-0.4, -0.2) is 25.0 Å². The van der Waals surface area contributed by atoms with Crippen LogP contribution >= 0.6 is 11.6 Å². The summed E-state index contributed by atoms with van der Waals surface area (Å²) in [6.45, 7) is 2.17. The van der Waals surface area contributed by atoms with Crippen LogP contribution in [0.15, 0.2) is 12.1 Å². The van der Waals surface area contributed by atoms with Gasteiger partial charge in [0.1, 0.15) is 0 Å². The fourth-order valence-electron chi connectivity index (χ4n) is 1.94. The molecule has 2 nitrogen and oxygen atoms in total. The molecule has 0 aliphatic carbocycles. The summed E-state index contributed by atoms with van der Waals surface area (Å²) >= 11 is 6.00. The first-order valence-corrected chi connectivity index (χ1v) is 5.30. The first kappa shape index (κ1) is 9.81. The third-order valence-corrected chi connectivity index (χ3v) is 3.24. The van der Waals surface area contributed by atoms with E-state index in [2.05, 4.69) is 18.0 Å². The molecule has 0 aromatic heterocycles. The lowest BCUT2D eigenvalue weighted by Crippen LogP contribution is -2.20. The van der Waals surface area contributed by atoms with Crippen molar-refractivity contribution in [2.24, 2.45) is 0 Å². The first-order valence-electron chi connectivity index (χ1n) is 4.93. The van der Waals surface area contributed by atoms with Crippen molar-refractivity contribution in [1.29, 1.82) is 0 Å². The molecule has 1 heterocycles. The Bertz CT molecular complexity index is 349. The van der Waals surface area contributed by atoms with Crippen molar-refractivity contribution in [3.05, 3.63) is 28.3 Å². The number of nitrogens with zero attached hydrogens (tertiary/aromatic N) is 1. The fourth-order valence-corrected chi connectivity index (χ4v) is 2.11. The van der Waals surface area contributed by atoms with Crippen molar-refractivity contribution in [1.82, 2.24) is 4.90 Å². The molecule has 0 fully saturated rings. The molecule has 0 radical (unpaired) electrons. The lowest BCUT2D eigenvalue weighted by molar-refractivity contribution is 0.352. The van der Waals surface area contributed by atoms with E-state index in [-0.39, 0.29) is 0 Å². The average Bonchev–Trinajstić information content (AvgIpc) is 2.35. The first-order chi connectivity index (χ1) is 6.68. The highest BCUT2D eigenvalue weighted by atomic mass is 35.5. The Hall–Kier alpha value is -0.730. The molecule has 0 unspecified atom stereocenters. The van der Waals surface area contributed by atoms with Crippen LogP contribution in [0.2, 0.25) is 5.02 Å². The van der Waals surface area contributed by atoms with E-state index in [0.717, 1.165) is 31.6 Å². The predicted octanol–water partition coefficient (Wildman–Crippen LogP) is 1.95. The van der Waals surface area contributed by atoms with E-state index in [1.165, 1.54) is 11.1 Å². The highest BCUT2D eigenvalue weighted by Gasteiger charge is 2.14. The number of benzene rings is 1. The van der Waals surface area contributed by atoms with Gasteiger partial charge in [-0.1, -0.05) is 17.7 Å². The normalized spacial score (nSPS) is 17.6. The van der Waals surface area contributed by atoms with E-state index < -0.39 is 0 Å². The van der Waals surface area contributed by atoms with Gasteiger partial charge in [-0.25, -0.2) is 0 Å². The lowest BCUT2D eigenvalue weighted by Gasteiger charge is -2.11. The van der Waals surface area contributed by atoms with Crippen molar-refractivity contribution < 1.29 is 0 Å². The van der Waals surface area contributed by atoms with Gasteiger partial charge in [-0.3, -0.25) is 0 Å². The topological polar surface area (TPSA) is 29.3 Å². The summed E-state index contributed by atoms with van der Waals surface area (Å²) in [5, 5.41) is 0.688. The van der Waals surface area contributed by atoms with Gasteiger partial charge in [0.25, 0.3) is 0 Å². The van der Waals surface area contributed by atoms with Crippen molar-refractivity contribution >= 4 is 17.3 Å². The molecule has 0 atom stereocenters. The van der Waals surface area contributed by atoms with Crippen LogP contribution in [0.3, 0.4) is 0 Å². The quantitative estimate of drug-likeness (QED) is 0.664. The van der Waals surface area contributed by atoms with Crippen LogP contribution < -0.4 is 5.73 Å². The van der Waals surface area contributed by atoms with Gasteiger partial charge in [-0.15, -0.1) is 0 Å². The molecule has 0 bridgehead atoms. The van der Waals surface area contributed by atoms with Gasteiger partial charge in [0.05, 0.1) is 10.7 Å². The van der Waals surface area contributed by atoms with Gasteiger partial charge in [-0.05, 0) is 37.1 Å². The van der Waals surface area contributed by atoms with Gasteiger partial charge in [0, 0.05) is 13.1 Å². The van der Waals surface area contributed by atoms with Gasteiger partial charge in [-0.2, -0.15) is 0 Å². The molecule has 3 heteroatoms. The van der Waals surface area contributed by atoms with Crippen LogP contribution in [0, 0.1) is 0 Å². The summed E-state index contributed by atoms with van der Waals surface area (Å²) in [5.41, 5.74) is 9.35. The van der Waals surface area contributed by atoms with E-state index >= 15 is 0 Å². The van der Waals surface area contributed by atoms with Crippen LogP contribution in [0.5, 0.6) is 0 Å². The van der Waals surface area contributed by atoms with E-state index in [4.69, 9.17) is 17.3 Å². The van der Waals surface area contributed by atoms with E-state index in [0.29, 0.717) is 5.02 Å². The SMILES string of the molecule is CN1CCc2ccc(Cl)c(N)c2CC1. The number of rotatable bonds is 0. The molecule has 0 saturated heterocycles. The maximum Gasteiger partial charge on any atom is 0.0638 e. The number of likely N-dealkylation sites (N-methyl/N-ethyl adjacent to an activating group) is 1. The standard InChI is InChI=1S/C11H15ClN2/c1-14-6-4-8-2-3-10(12)11(13)9(8)5-7-14/h2-3H,4-7,13H2,1H3. The molecule has 1 aliphatic rings. The molecule has 0 saturated carbocycles. The molecule has 76 valence electrons. The zero-order valence-corrected chi connectivity index (χ0v) is 9.14. The maximum atomic E-state index is 6.00. The van der Waals surface area contributed by atoms with Crippen LogP contribution in [0.1, 0.15) is 11.1 Å². The second-order valence-electron chi connectivity index (χ2n) is 3.90. The highest BCUT2D eigenvalue weighted by molar-refractivity contribution is 6.33. The number of hydrogen-bond donors (Lipinski definition) is 1. The van der Waals surface area contributed by atoms with Crippen molar-refractivity contribution in [3.63, 3.8) is 0 Å². The van der Waals surface area contributed by atoms with Gasteiger partial charge in [0.2, 0.25) is 0 Å². The Kier molecular flexibility index (Phi) is 2.66. The largest absolute Gasteiger partial charge is 0.397 e. The molecule has 2 N–H and O–H groups in total. The zero-order chi connectivity index (χ0) is 10.1. The number of nitrogens with two attached hydrogens (primary N) is 1. The molecule has 1 aromatic rings. The molecule has 2 rings (SSSR count). The van der Waals surface area contributed by atoms with Gasteiger partial charge < -0.3 is 10.6 Å². The Morgan fingerprint density at radius 2 is 2.00 bits per heavy atom. The molecular formula is C11H15ClN2. The molecule has 1 aromatic carbocycles. The second kappa shape index (κ2) is 3.79.